The summed E-state index contributed by atoms with van der Waals surface area (Å²) in [7, 11) is 0. The monoisotopic (exact) mass is 195 g/mol. The standard InChI is InChI=1S/C11H21N3/c1-11(2)5-3-6-12-8-10-14-9-4-7-13-14/h4,7,9,11-12H,3,5-6,8,10H2,1-2H3. The third-order valence-corrected chi connectivity index (χ3v) is 2.21. The van der Waals surface area contributed by atoms with Crippen molar-refractivity contribution in [1.82, 2.24) is 15.1 Å². The molecule has 0 radical (unpaired) electrons. The molecule has 1 aromatic rings. The molecule has 0 aliphatic heterocycles. The van der Waals surface area contributed by atoms with Gasteiger partial charge in [0, 0.05) is 18.9 Å². The first-order valence-electron chi connectivity index (χ1n) is 5.47. The van der Waals surface area contributed by atoms with E-state index in [0.29, 0.717) is 0 Å². The highest BCUT2D eigenvalue weighted by atomic mass is 15.3. The van der Waals surface area contributed by atoms with E-state index < -0.39 is 0 Å². The predicted octanol–water partition coefficient (Wildman–Crippen LogP) is 1.91. The topological polar surface area (TPSA) is 29.9 Å². The summed E-state index contributed by atoms with van der Waals surface area (Å²) in [4.78, 5) is 0. The van der Waals surface area contributed by atoms with Crippen LogP contribution in [0, 0.1) is 5.92 Å². The van der Waals surface area contributed by atoms with E-state index in [1.807, 2.05) is 23.1 Å². The van der Waals surface area contributed by atoms with Crippen LogP contribution in [0.2, 0.25) is 0 Å². The molecule has 0 saturated heterocycles. The van der Waals surface area contributed by atoms with Crippen LogP contribution in [0.5, 0.6) is 0 Å². The highest BCUT2D eigenvalue weighted by Crippen LogP contribution is 2.01. The minimum Gasteiger partial charge on any atom is -0.315 e. The lowest BCUT2D eigenvalue weighted by atomic mass is 10.1. The second kappa shape index (κ2) is 6.60. The van der Waals surface area contributed by atoms with Gasteiger partial charge in [-0.15, -0.1) is 0 Å². The highest BCUT2D eigenvalue weighted by Gasteiger charge is 1.93. The van der Waals surface area contributed by atoms with Crippen molar-refractivity contribution in [2.75, 3.05) is 13.1 Å². The summed E-state index contributed by atoms with van der Waals surface area (Å²) in [5.74, 6) is 0.822. The summed E-state index contributed by atoms with van der Waals surface area (Å²) in [6.45, 7) is 7.64. The van der Waals surface area contributed by atoms with E-state index in [1.54, 1.807) is 0 Å². The summed E-state index contributed by atoms with van der Waals surface area (Å²) in [6.07, 6.45) is 6.40. The van der Waals surface area contributed by atoms with E-state index in [0.717, 1.165) is 25.6 Å². The normalized spacial score (nSPS) is 11.1. The molecule has 14 heavy (non-hydrogen) atoms. The Labute approximate surface area is 86.5 Å². The molecule has 0 bridgehead atoms. The molecule has 0 amide bonds. The lowest BCUT2D eigenvalue weighted by Gasteiger charge is -2.06. The van der Waals surface area contributed by atoms with Gasteiger partial charge >= 0.3 is 0 Å². The first-order chi connectivity index (χ1) is 6.79. The zero-order chi connectivity index (χ0) is 10.2. The Kier molecular flexibility index (Phi) is 5.30. The molecule has 0 atom stereocenters. The number of rotatable bonds is 7. The molecule has 0 saturated carbocycles. The number of aromatic nitrogens is 2. The Morgan fingerprint density at radius 2 is 2.21 bits per heavy atom. The van der Waals surface area contributed by atoms with Crippen molar-refractivity contribution >= 4 is 0 Å². The Morgan fingerprint density at radius 1 is 1.36 bits per heavy atom. The Morgan fingerprint density at radius 3 is 2.86 bits per heavy atom. The number of hydrogen-bond acceptors (Lipinski definition) is 2. The molecule has 1 N–H and O–H groups in total. The summed E-state index contributed by atoms with van der Waals surface area (Å²) in [6, 6.07) is 1.96. The lowest BCUT2D eigenvalue weighted by Crippen LogP contribution is -2.21. The van der Waals surface area contributed by atoms with E-state index in [-0.39, 0.29) is 0 Å². The summed E-state index contributed by atoms with van der Waals surface area (Å²) in [5.41, 5.74) is 0. The molecular weight excluding hydrogens is 174 g/mol. The maximum Gasteiger partial charge on any atom is 0.0533 e. The van der Waals surface area contributed by atoms with Crippen LogP contribution < -0.4 is 5.32 Å². The molecule has 0 spiro atoms. The van der Waals surface area contributed by atoms with Crippen molar-refractivity contribution in [2.24, 2.45) is 5.92 Å². The molecule has 1 aromatic heterocycles. The van der Waals surface area contributed by atoms with Gasteiger partial charge in [-0.05, 0) is 31.4 Å². The Balaban J connectivity index is 1.90. The minimum absolute atomic E-state index is 0.822. The predicted molar refractivity (Wildman–Crippen MR) is 59.2 cm³/mol. The van der Waals surface area contributed by atoms with Gasteiger partial charge in [-0.2, -0.15) is 5.10 Å². The molecule has 0 fully saturated rings. The minimum atomic E-state index is 0.822. The van der Waals surface area contributed by atoms with Gasteiger partial charge in [-0.1, -0.05) is 13.8 Å². The van der Waals surface area contributed by atoms with E-state index >= 15 is 0 Å². The maximum absolute atomic E-state index is 4.14. The average Bonchev–Trinajstić information content (AvgIpc) is 2.63. The molecule has 3 nitrogen and oxygen atoms in total. The van der Waals surface area contributed by atoms with Gasteiger partial charge < -0.3 is 5.32 Å². The molecule has 1 rings (SSSR count). The summed E-state index contributed by atoms with van der Waals surface area (Å²) in [5, 5.41) is 7.56. The molecule has 80 valence electrons. The van der Waals surface area contributed by atoms with Gasteiger partial charge in [-0.25, -0.2) is 0 Å². The van der Waals surface area contributed by atoms with Gasteiger partial charge in [-0.3, -0.25) is 4.68 Å². The first kappa shape index (κ1) is 11.2. The van der Waals surface area contributed by atoms with Crippen LogP contribution in [-0.2, 0) is 6.54 Å². The summed E-state index contributed by atoms with van der Waals surface area (Å²) >= 11 is 0. The van der Waals surface area contributed by atoms with E-state index in [4.69, 9.17) is 0 Å². The largest absolute Gasteiger partial charge is 0.315 e. The SMILES string of the molecule is CC(C)CCCNCCn1cccn1. The average molecular weight is 195 g/mol. The van der Waals surface area contributed by atoms with Crippen molar-refractivity contribution in [2.45, 2.75) is 33.2 Å². The molecule has 0 aromatic carbocycles. The molecule has 1 heterocycles. The quantitative estimate of drug-likeness (QED) is 0.674. The van der Waals surface area contributed by atoms with Crippen LogP contribution in [0.4, 0.5) is 0 Å². The van der Waals surface area contributed by atoms with Crippen molar-refractivity contribution < 1.29 is 0 Å². The molecule has 0 aliphatic carbocycles. The lowest BCUT2D eigenvalue weighted by molar-refractivity contribution is 0.504. The number of hydrogen-bond donors (Lipinski definition) is 1. The number of nitrogens with zero attached hydrogens (tertiary/aromatic N) is 2. The fraction of sp³-hybridized carbons (Fsp3) is 0.727. The van der Waals surface area contributed by atoms with Crippen LogP contribution in [0.15, 0.2) is 18.5 Å². The van der Waals surface area contributed by atoms with Gasteiger partial charge in [0.25, 0.3) is 0 Å². The number of nitrogens with one attached hydrogen (secondary N) is 1. The molecule has 0 aliphatic rings. The van der Waals surface area contributed by atoms with E-state index in [1.165, 1.54) is 12.8 Å². The maximum atomic E-state index is 4.14. The first-order valence-corrected chi connectivity index (χ1v) is 5.47. The van der Waals surface area contributed by atoms with Crippen LogP contribution in [0.25, 0.3) is 0 Å². The van der Waals surface area contributed by atoms with Gasteiger partial charge in [0.1, 0.15) is 0 Å². The Bertz CT molecular complexity index is 216. The van der Waals surface area contributed by atoms with E-state index in [2.05, 4.69) is 24.3 Å². The van der Waals surface area contributed by atoms with Gasteiger partial charge in [0.15, 0.2) is 0 Å². The summed E-state index contributed by atoms with van der Waals surface area (Å²) < 4.78 is 1.95. The second-order valence-corrected chi connectivity index (χ2v) is 4.06. The highest BCUT2D eigenvalue weighted by molar-refractivity contribution is 4.77. The third kappa shape index (κ3) is 5.02. The van der Waals surface area contributed by atoms with Gasteiger partial charge in [0.2, 0.25) is 0 Å². The van der Waals surface area contributed by atoms with E-state index in [9.17, 15) is 0 Å². The molecule has 0 unspecified atom stereocenters. The van der Waals surface area contributed by atoms with Crippen LogP contribution in [0.3, 0.4) is 0 Å². The van der Waals surface area contributed by atoms with Crippen molar-refractivity contribution in [3.63, 3.8) is 0 Å². The van der Waals surface area contributed by atoms with Gasteiger partial charge in [0.05, 0.1) is 6.54 Å². The second-order valence-electron chi connectivity index (χ2n) is 4.06. The Hall–Kier alpha value is -0.830. The fourth-order valence-electron chi connectivity index (χ4n) is 1.39. The molecule has 3 heteroatoms. The van der Waals surface area contributed by atoms with Crippen LogP contribution in [-0.4, -0.2) is 22.9 Å². The van der Waals surface area contributed by atoms with Crippen molar-refractivity contribution in [3.05, 3.63) is 18.5 Å². The fourth-order valence-corrected chi connectivity index (χ4v) is 1.39. The van der Waals surface area contributed by atoms with Crippen LogP contribution in [0.1, 0.15) is 26.7 Å². The van der Waals surface area contributed by atoms with Crippen molar-refractivity contribution in [3.8, 4) is 0 Å². The third-order valence-electron chi connectivity index (χ3n) is 2.21. The zero-order valence-electron chi connectivity index (χ0n) is 9.24. The zero-order valence-corrected chi connectivity index (χ0v) is 9.24. The molecular formula is C11H21N3. The van der Waals surface area contributed by atoms with Crippen molar-refractivity contribution in [1.29, 1.82) is 0 Å². The smallest absolute Gasteiger partial charge is 0.0533 e. The van der Waals surface area contributed by atoms with Crippen LogP contribution >= 0.6 is 0 Å².